The van der Waals surface area contributed by atoms with Crippen molar-refractivity contribution in [3.8, 4) is 34.8 Å². The van der Waals surface area contributed by atoms with Gasteiger partial charge in [0.2, 0.25) is 11.6 Å². The third-order valence-electron chi connectivity index (χ3n) is 5.69. The van der Waals surface area contributed by atoms with E-state index in [-0.39, 0.29) is 46.0 Å². The molecule has 0 spiro atoms. The molecule has 0 aliphatic heterocycles. The highest BCUT2D eigenvalue weighted by atomic mass is 32.2. The van der Waals surface area contributed by atoms with Gasteiger partial charge in [-0.2, -0.15) is 4.98 Å². The van der Waals surface area contributed by atoms with Crippen LogP contribution in [0.5, 0.6) is 23.1 Å². The molecule has 0 saturated carbocycles. The molecule has 2 aromatic heterocycles. The molecular weight excluding hydrogens is 530 g/mol. The lowest BCUT2D eigenvalue weighted by molar-refractivity contribution is 0.320. The molecule has 0 amide bonds. The largest absolute Gasteiger partial charge is 0.493 e. The zero-order valence-corrected chi connectivity index (χ0v) is 23.8. The van der Waals surface area contributed by atoms with Crippen molar-refractivity contribution in [3.05, 3.63) is 84.7 Å². The lowest BCUT2D eigenvalue weighted by Gasteiger charge is -2.20. The van der Waals surface area contributed by atoms with E-state index in [4.69, 9.17) is 14.2 Å². The molecular formula is C29H31N5O5S. The van der Waals surface area contributed by atoms with Gasteiger partial charge < -0.3 is 14.2 Å². The van der Waals surface area contributed by atoms with Crippen LogP contribution >= 0.6 is 0 Å². The van der Waals surface area contributed by atoms with E-state index in [1.165, 1.54) is 19.5 Å². The Morgan fingerprint density at radius 3 is 2.20 bits per heavy atom. The van der Waals surface area contributed by atoms with Crippen LogP contribution in [0.1, 0.15) is 33.3 Å². The van der Waals surface area contributed by atoms with Gasteiger partial charge in [0.1, 0.15) is 6.61 Å². The molecule has 1 N–H and O–H groups in total. The fourth-order valence-corrected chi connectivity index (χ4v) is 4.57. The number of nitrogens with one attached hydrogen (secondary N) is 1. The first-order valence-corrected chi connectivity index (χ1v) is 14.0. The van der Waals surface area contributed by atoms with Gasteiger partial charge in [-0.25, -0.2) is 23.4 Å². The van der Waals surface area contributed by atoms with E-state index in [0.717, 1.165) is 5.56 Å². The summed E-state index contributed by atoms with van der Waals surface area (Å²) in [5.41, 5.74) is 0.860. The molecule has 0 aliphatic carbocycles. The molecule has 2 heterocycles. The first kappa shape index (κ1) is 28.5. The Bertz CT molecular complexity index is 1590. The fraction of sp³-hybridized carbons (Fsp3) is 0.241. The van der Waals surface area contributed by atoms with E-state index in [0.29, 0.717) is 11.5 Å². The quantitative estimate of drug-likeness (QED) is 0.240. The van der Waals surface area contributed by atoms with Crippen LogP contribution in [0, 0.1) is 0 Å². The van der Waals surface area contributed by atoms with Crippen molar-refractivity contribution < 1.29 is 22.6 Å². The summed E-state index contributed by atoms with van der Waals surface area (Å²) in [6.07, 6.45) is 6.65. The summed E-state index contributed by atoms with van der Waals surface area (Å²) in [6, 6.07) is 15.3. The van der Waals surface area contributed by atoms with Gasteiger partial charge in [0, 0.05) is 12.4 Å². The summed E-state index contributed by atoms with van der Waals surface area (Å²) in [5.74, 6) is 0.734. The molecule has 11 heteroatoms. The second kappa shape index (κ2) is 12.1. The van der Waals surface area contributed by atoms with Gasteiger partial charge in [0.25, 0.3) is 15.9 Å². The first-order valence-electron chi connectivity index (χ1n) is 12.5. The molecule has 0 atom stereocenters. The summed E-state index contributed by atoms with van der Waals surface area (Å²) < 4.78 is 47.2. The zero-order chi connectivity index (χ0) is 28.8. The average molecular weight is 562 g/mol. The molecule has 0 aliphatic rings. The van der Waals surface area contributed by atoms with Crippen molar-refractivity contribution in [2.24, 2.45) is 0 Å². The maximum absolute atomic E-state index is 13.6. The first-order chi connectivity index (χ1) is 19.1. The summed E-state index contributed by atoms with van der Waals surface area (Å²) in [4.78, 5) is 17.4. The van der Waals surface area contributed by atoms with Gasteiger partial charge in [-0.15, -0.1) is 0 Å². The zero-order valence-electron chi connectivity index (χ0n) is 23.0. The summed E-state index contributed by atoms with van der Waals surface area (Å²) >= 11 is 0. The van der Waals surface area contributed by atoms with E-state index in [1.807, 2.05) is 13.0 Å². The maximum Gasteiger partial charge on any atom is 0.264 e. The summed E-state index contributed by atoms with van der Waals surface area (Å²) in [5, 5.41) is 0. The highest BCUT2D eigenvalue weighted by Gasteiger charge is 2.26. The number of hydrogen-bond acceptors (Lipinski definition) is 9. The molecule has 208 valence electrons. The van der Waals surface area contributed by atoms with Gasteiger partial charge in [-0.05, 0) is 48.2 Å². The van der Waals surface area contributed by atoms with Crippen molar-refractivity contribution in [2.75, 3.05) is 18.4 Å². The number of ether oxygens (including phenoxy) is 3. The molecule has 0 bridgehead atoms. The number of benzene rings is 2. The average Bonchev–Trinajstić information content (AvgIpc) is 2.94. The van der Waals surface area contributed by atoms with Gasteiger partial charge in [0.05, 0.1) is 12.0 Å². The number of allylic oxidation sites excluding steroid dienone is 1. The molecule has 0 saturated heterocycles. The Labute approximate surface area is 234 Å². The molecule has 2 aromatic carbocycles. The van der Waals surface area contributed by atoms with Crippen LogP contribution in [0.2, 0.25) is 0 Å². The second-order valence-corrected chi connectivity index (χ2v) is 11.3. The van der Waals surface area contributed by atoms with Gasteiger partial charge in [-0.3, -0.25) is 4.72 Å². The molecule has 0 radical (unpaired) electrons. The number of anilines is 1. The minimum Gasteiger partial charge on any atom is -0.493 e. The monoisotopic (exact) mass is 561 g/mol. The van der Waals surface area contributed by atoms with Gasteiger partial charge in [-0.1, -0.05) is 57.2 Å². The van der Waals surface area contributed by atoms with Gasteiger partial charge in [0.15, 0.2) is 23.1 Å². The predicted octanol–water partition coefficient (Wildman–Crippen LogP) is 5.79. The van der Waals surface area contributed by atoms with Crippen molar-refractivity contribution in [2.45, 2.75) is 38.0 Å². The standard InChI is InChI=1S/C29H31N5O5S/c1-6-7-19-38-28-24(39-23-12-9-8-11-22(23)37-5)25(32-27(33-28)26-30-17-10-18-31-26)34-40(35,36)21-15-13-20(14-16-21)29(2,3)4/h6-18H,19H2,1-5H3,(H,32,33,34)/b7-6-. The Kier molecular flexibility index (Phi) is 8.64. The van der Waals surface area contributed by atoms with E-state index in [1.54, 1.807) is 60.7 Å². The van der Waals surface area contributed by atoms with E-state index >= 15 is 0 Å². The van der Waals surface area contributed by atoms with Crippen molar-refractivity contribution in [3.63, 3.8) is 0 Å². The maximum atomic E-state index is 13.6. The van der Waals surface area contributed by atoms with E-state index in [9.17, 15) is 8.42 Å². The Morgan fingerprint density at radius 1 is 0.900 bits per heavy atom. The third kappa shape index (κ3) is 6.73. The van der Waals surface area contributed by atoms with E-state index < -0.39 is 10.0 Å². The van der Waals surface area contributed by atoms with Crippen LogP contribution in [0.3, 0.4) is 0 Å². The van der Waals surface area contributed by atoms with Crippen molar-refractivity contribution in [1.29, 1.82) is 0 Å². The van der Waals surface area contributed by atoms with Crippen molar-refractivity contribution >= 4 is 15.8 Å². The number of rotatable bonds is 10. The number of sulfonamides is 1. The number of para-hydroxylation sites is 2. The number of aromatic nitrogens is 4. The minimum absolute atomic E-state index is 0.0118. The Hall–Kier alpha value is -4.51. The summed E-state index contributed by atoms with van der Waals surface area (Å²) in [7, 11) is -2.61. The SMILES string of the molecule is C/C=C\COc1nc(-c2ncccn2)nc(NS(=O)(=O)c2ccc(C(C)(C)C)cc2)c1Oc1ccccc1OC. The van der Waals surface area contributed by atoms with Crippen LogP contribution in [0.4, 0.5) is 5.82 Å². The van der Waals surface area contributed by atoms with Crippen LogP contribution in [0.15, 0.2) is 84.0 Å². The van der Waals surface area contributed by atoms with Crippen LogP contribution < -0.4 is 18.9 Å². The number of methoxy groups -OCH3 is 1. The Morgan fingerprint density at radius 2 is 1.57 bits per heavy atom. The van der Waals surface area contributed by atoms with Crippen molar-refractivity contribution in [1.82, 2.24) is 19.9 Å². The van der Waals surface area contributed by atoms with E-state index in [2.05, 4.69) is 45.4 Å². The number of nitrogens with zero attached hydrogens (tertiary/aromatic N) is 4. The molecule has 0 unspecified atom stereocenters. The highest BCUT2D eigenvalue weighted by molar-refractivity contribution is 7.92. The third-order valence-corrected chi connectivity index (χ3v) is 7.05. The smallest absolute Gasteiger partial charge is 0.264 e. The molecule has 4 rings (SSSR count). The molecule has 0 fully saturated rings. The second-order valence-electron chi connectivity index (χ2n) is 9.62. The van der Waals surface area contributed by atoms with Crippen LogP contribution in [0.25, 0.3) is 11.6 Å². The normalized spacial score (nSPS) is 11.8. The molecule has 40 heavy (non-hydrogen) atoms. The summed E-state index contributed by atoms with van der Waals surface area (Å²) in [6.45, 7) is 8.16. The lowest BCUT2D eigenvalue weighted by atomic mass is 9.87. The fourth-order valence-electron chi connectivity index (χ4n) is 3.56. The predicted molar refractivity (Wildman–Crippen MR) is 152 cm³/mol. The van der Waals surface area contributed by atoms with Crippen LogP contribution in [-0.4, -0.2) is 42.1 Å². The highest BCUT2D eigenvalue weighted by Crippen LogP contribution is 2.41. The number of hydrogen-bond donors (Lipinski definition) is 1. The molecule has 4 aromatic rings. The molecule has 10 nitrogen and oxygen atoms in total. The minimum atomic E-state index is -4.11. The lowest BCUT2D eigenvalue weighted by Crippen LogP contribution is -2.17. The van der Waals surface area contributed by atoms with Gasteiger partial charge >= 0.3 is 0 Å². The Balaban J connectivity index is 1.86. The topological polar surface area (TPSA) is 125 Å². The van der Waals surface area contributed by atoms with Crippen LogP contribution in [-0.2, 0) is 15.4 Å².